The SMILES string of the molecule is O=S(=O)(c1ccc2c(c1)-c1ccccc1C2)N1CCSC1c1ccccc1. The maximum absolute atomic E-state index is 13.4. The van der Waals surface area contributed by atoms with Crippen molar-refractivity contribution in [1.82, 2.24) is 4.31 Å². The molecule has 1 fully saturated rings. The highest BCUT2D eigenvalue weighted by atomic mass is 32.2. The van der Waals surface area contributed by atoms with Gasteiger partial charge in [0, 0.05) is 12.3 Å². The van der Waals surface area contributed by atoms with Gasteiger partial charge in [0.1, 0.15) is 0 Å². The van der Waals surface area contributed by atoms with Crippen LogP contribution in [0.4, 0.5) is 0 Å². The van der Waals surface area contributed by atoms with Crippen molar-refractivity contribution in [2.24, 2.45) is 0 Å². The Kier molecular flexibility index (Phi) is 4.11. The van der Waals surface area contributed by atoms with Crippen LogP contribution < -0.4 is 0 Å². The van der Waals surface area contributed by atoms with E-state index in [1.54, 1.807) is 22.1 Å². The van der Waals surface area contributed by atoms with Crippen molar-refractivity contribution < 1.29 is 8.42 Å². The molecule has 1 aliphatic carbocycles. The smallest absolute Gasteiger partial charge is 0.207 e. The van der Waals surface area contributed by atoms with Gasteiger partial charge in [0.25, 0.3) is 0 Å². The molecule has 5 rings (SSSR count). The average molecular weight is 394 g/mol. The highest BCUT2D eigenvalue weighted by Crippen LogP contribution is 2.43. The second kappa shape index (κ2) is 6.51. The summed E-state index contributed by atoms with van der Waals surface area (Å²) in [5.74, 6) is 0.812. The summed E-state index contributed by atoms with van der Waals surface area (Å²) < 4.78 is 28.5. The molecule has 1 atom stereocenters. The maximum Gasteiger partial charge on any atom is 0.244 e. The molecule has 0 amide bonds. The molecule has 0 radical (unpaired) electrons. The lowest BCUT2D eigenvalue weighted by Crippen LogP contribution is -2.30. The molecular weight excluding hydrogens is 374 g/mol. The summed E-state index contributed by atoms with van der Waals surface area (Å²) in [6.07, 6.45) is 0.873. The minimum atomic E-state index is -3.55. The van der Waals surface area contributed by atoms with Crippen molar-refractivity contribution in [3.8, 4) is 11.1 Å². The number of nitrogens with zero attached hydrogens (tertiary/aromatic N) is 1. The Morgan fingerprint density at radius 3 is 2.44 bits per heavy atom. The molecule has 0 bridgehead atoms. The van der Waals surface area contributed by atoms with E-state index in [2.05, 4.69) is 12.1 Å². The molecule has 136 valence electrons. The minimum Gasteiger partial charge on any atom is -0.207 e. The fourth-order valence-electron chi connectivity index (χ4n) is 3.98. The first-order chi connectivity index (χ1) is 13.1. The Morgan fingerprint density at radius 2 is 1.59 bits per heavy atom. The quantitative estimate of drug-likeness (QED) is 0.507. The van der Waals surface area contributed by atoms with Crippen LogP contribution in [0.25, 0.3) is 11.1 Å². The molecule has 1 saturated heterocycles. The van der Waals surface area contributed by atoms with Gasteiger partial charge in [-0.2, -0.15) is 4.31 Å². The van der Waals surface area contributed by atoms with Crippen LogP contribution in [0, 0.1) is 0 Å². The van der Waals surface area contributed by atoms with Gasteiger partial charge in [0.05, 0.1) is 10.3 Å². The first-order valence-corrected chi connectivity index (χ1v) is 11.5. The first-order valence-electron chi connectivity index (χ1n) is 9.04. The van der Waals surface area contributed by atoms with Crippen molar-refractivity contribution in [1.29, 1.82) is 0 Å². The van der Waals surface area contributed by atoms with Crippen molar-refractivity contribution >= 4 is 21.8 Å². The van der Waals surface area contributed by atoms with Gasteiger partial charge in [-0.25, -0.2) is 8.42 Å². The predicted molar refractivity (Wildman–Crippen MR) is 110 cm³/mol. The number of fused-ring (bicyclic) bond motifs is 3. The van der Waals surface area contributed by atoms with Crippen molar-refractivity contribution in [3.63, 3.8) is 0 Å². The summed E-state index contributed by atoms with van der Waals surface area (Å²) in [6, 6.07) is 23.7. The Morgan fingerprint density at radius 1 is 0.852 bits per heavy atom. The zero-order valence-corrected chi connectivity index (χ0v) is 16.3. The van der Waals surface area contributed by atoms with E-state index >= 15 is 0 Å². The zero-order valence-electron chi connectivity index (χ0n) is 14.7. The monoisotopic (exact) mass is 393 g/mol. The van der Waals surface area contributed by atoms with Crippen LogP contribution in [0.1, 0.15) is 22.1 Å². The molecule has 3 nitrogen and oxygen atoms in total. The van der Waals surface area contributed by atoms with Crippen molar-refractivity contribution in [2.75, 3.05) is 12.3 Å². The number of sulfonamides is 1. The van der Waals surface area contributed by atoms with Gasteiger partial charge in [-0.3, -0.25) is 0 Å². The summed E-state index contributed by atoms with van der Waals surface area (Å²) in [5, 5.41) is -0.156. The van der Waals surface area contributed by atoms with E-state index in [-0.39, 0.29) is 5.37 Å². The van der Waals surface area contributed by atoms with Crippen molar-refractivity contribution in [3.05, 3.63) is 89.5 Å². The topological polar surface area (TPSA) is 37.4 Å². The first kappa shape index (κ1) is 17.0. The molecule has 0 aromatic heterocycles. The van der Waals surface area contributed by atoms with E-state index in [1.165, 1.54) is 11.1 Å². The van der Waals surface area contributed by atoms with Crippen LogP contribution in [0.2, 0.25) is 0 Å². The van der Waals surface area contributed by atoms with Crippen LogP contribution in [-0.4, -0.2) is 25.0 Å². The van der Waals surface area contributed by atoms with Crippen LogP contribution in [0.15, 0.2) is 77.7 Å². The molecular formula is C22H19NO2S2. The molecule has 3 aromatic carbocycles. The van der Waals surface area contributed by atoms with Crippen LogP contribution in [-0.2, 0) is 16.4 Å². The summed E-state index contributed by atoms with van der Waals surface area (Å²) in [7, 11) is -3.55. The summed E-state index contributed by atoms with van der Waals surface area (Å²) in [5.41, 5.74) is 5.70. The van der Waals surface area contributed by atoms with Gasteiger partial charge in [0.15, 0.2) is 0 Å². The van der Waals surface area contributed by atoms with Gasteiger partial charge >= 0.3 is 0 Å². The zero-order chi connectivity index (χ0) is 18.4. The Hall–Kier alpha value is -2.08. The fraction of sp³-hybridized carbons (Fsp3) is 0.182. The molecule has 2 aliphatic rings. The fourth-order valence-corrected chi connectivity index (χ4v) is 7.25. The molecule has 1 unspecified atom stereocenters. The predicted octanol–water partition coefficient (Wildman–Crippen LogP) is 4.69. The Labute approximate surface area is 164 Å². The van der Waals surface area contributed by atoms with E-state index in [1.807, 2.05) is 54.6 Å². The molecule has 1 aliphatic heterocycles. The third kappa shape index (κ3) is 2.81. The molecule has 27 heavy (non-hydrogen) atoms. The minimum absolute atomic E-state index is 0.156. The van der Waals surface area contributed by atoms with Gasteiger partial charge in [-0.05, 0) is 46.4 Å². The van der Waals surface area contributed by atoms with E-state index in [9.17, 15) is 8.42 Å². The van der Waals surface area contributed by atoms with Gasteiger partial charge < -0.3 is 0 Å². The molecule has 1 heterocycles. The second-order valence-electron chi connectivity index (χ2n) is 6.90. The molecule has 0 saturated carbocycles. The summed E-state index contributed by atoms with van der Waals surface area (Å²) in [6.45, 7) is 0.542. The normalized spacial score (nSPS) is 19.0. The highest BCUT2D eigenvalue weighted by Gasteiger charge is 2.37. The van der Waals surface area contributed by atoms with Gasteiger partial charge in [-0.1, -0.05) is 60.7 Å². The Balaban J connectivity index is 1.55. The largest absolute Gasteiger partial charge is 0.244 e. The number of hydrogen-bond donors (Lipinski definition) is 0. The summed E-state index contributed by atoms with van der Waals surface area (Å²) >= 11 is 1.69. The number of rotatable bonds is 3. The average Bonchev–Trinajstić information content (AvgIpc) is 3.33. The second-order valence-corrected chi connectivity index (χ2v) is 9.98. The number of benzene rings is 3. The van der Waals surface area contributed by atoms with Gasteiger partial charge in [0.2, 0.25) is 10.0 Å². The van der Waals surface area contributed by atoms with Crippen LogP contribution >= 0.6 is 11.8 Å². The van der Waals surface area contributed by atoms with Crippen molar-refractivity contribution in [2.45, 2.75) is 16.7 Å². The maximum atomic E-state index is 13.4. The highest BCUT2D eigenvalue weighted by molar-refractivity contribution is 8.01. The molecule has 0 N–H and O–H groups in total. The third-order valence-electron chi connectivity index (χ3n) is 5.31. The molecule has 5 heteroatoms. The van der Waals surface area contributed by atoms with Gasteiger partial charge in [-0.15, -0.1) is 11.8 Å². The lowest BCUT2D eigenvalue weighted by atomic mass is 10.1. The lowest BCUT2D eigenvalue weighted by Gasteiger charge is -2.24. The number of hydrogen-bond acceptors (Lipinski definition) is 3. The van der Waals surface area contributed by atoms with E-state index in [0.29, 0.717) is 11.4 Å². The standard InChI is InChI=1S/C22H19NO2S2/c24-27(25,23-12-13-26-22(23)16-6-2-1-3-7-16)19-11-10-18-14-17-8-4-5-9-20(17)21(18)15-19/h1-11,15,22H,12-14H2. The number of thioether (sulfide) groups is 1. The van der Waals surface area contributed by atoms with Crippen LogP contribution in [0.3, 0.4) is 0 Å². The summed E-state index contributed by atoms with van der Waals surface area (Å²) in [4.78, 5) is 0.390. The third-order valence-corrected chi connectivity index (χ3v) is 8.56. The van der Waals surface area contributed by atoms with Crippen LogP contribution in [0.5, 0.6) is 0 Å². The molecule has 0 spiro atoms. The van der Waals surface area contributed by atoms with E-state index < -0.39 is 10.0 Å². The molecule has 3 aromatic rings. The van der Waals surface area contributed by atoms with E-state index in [4.69, 9.17) is 0 Å². The Bertz CT molecular complexity index is 1110. The van der Waals surface area contributed by atoms with E-state index in [0.717, 1.165) is 28.9 Å². The lowest BCUT2D eigenvalue weighted by molar-refractivity contribution is 0.434.